The van der Waals surface area contributed by atoms with Gasteiger partial charge in [0.05, 0.1) is 6.61 Å². The van der Waals surface area contributed by atoms with Crippen molar-refractivity contribution in [1.82, 2.24) is 5.32 Å². The first-order chi connectivity index (χ1) is 6.27. The number of rotatable bonds is 7. The summed E-state index contributed by atoms with van der Waals surface area (Å²) in [6.07, 6.45) is 3.51. The average molecular weight is 187 g/mol. The SMILES string of the molecule is COCC(C)NC(CCO)C1CC1. The molecule has 2 unspecified atom stereocenters. The van der Waals surface area contributed by atoms with Gasteiger partial charge in [0.1, 0.15) is 0 Å². The van der Waals surface area contributed by atoms with E-state index in [9.17, 15) is 0 Å². The van der Waals surface area contributed by atoms with Crippen LogP contribution in [-0.2, 0) is 4.74 Å². The molecule has 0 bridgehead atoms. The Balaban J connectivity index is 2.20. The second-order valence-corrected chi connectivity index (χ2v) is 3.98. The number of nitrogens with one attached hydrogen (secondary N) is 1. The van der Waals surface area contributed by atoms with E-state index in [2.05, 4.69) is 12.2 Å². The topological polar surface area (TPSA) is 41.5 Å². The first-order valence-corrected chi connectivity index (χ1v) is 5.13. The van der Waals surface area contributed by atoms with E-state index in [1.165, 1.54) is 12.8 Å². The lowest BCUT2D eigenvalue weighted by atomic mass is 10.1. The summed E-state index contributed by atoms with van der Waals surface area (Å²) in [4.78, 5) is 0. The summed E-state index contributed by atoms with van der Waals surface area (Å²) < 4.78 is 5.06. The number of aliphatic hydroxyl groups excluding tert-OH is 1. The van der Waals surface area contributed by atoms with Gasteiger partial charge in [0.25, 0.3) is 0 Å². The molecule has 1 aliphatic rings. The van der Waals surface area contributed by atoms with Crippen LogP contribution in [0.4, 0.5) is 0 Å². The minimum atomic E-state index is 0.286. The molecule has 0 aromatic heterocycles. The zero-order chi connectivity index (χ0) is 9.68. The molecule has 13 heavy (non-hydrogen) atoms. The van der Waals surface area contributed by atoms with Gasteiger partial charge in [-0.1, -0.05) is 0 Å². The van der Waals surface area contributed by atoms with E-state index in [1.54, 1.807) is 7.11 Å². The molecule has 0 saturated heterocycles. The average Bonchev–Trinajstić information content (AvgIpc) is 2.86. The van der Waals surface area contributed by atoms with E-state index in [4.69, 9.17) is 9.84 Å². The van der Waals surface area contributed by atoms with Crippen LogP contribution < -0.4 is 5.32 Å². The van der Waals surface area contributed by atoms with Gasteiger partial charge in [0, 0.05) is 25.8 Å². The fourth-order valence-electron chi connectivity index (χ4n) is 1.76. The van der Waals surface area contributed by atoms with Crippen LogP contribution >= 0.6 is 0 Å². The van der Waals surface area contributed by atoms with Crippen LogP contribution in [-0.4, -0.2) is 37.5 Å². The quantitative estimate of drug-likeness (QED) is 0.618. The van der Waals surface area contributed by atoms with E-state index in [0.29, 0.717) is 12.1 Å². The summed E-state index contributed by atoms with van der Waals surface area (Å²) in [5, 5.41) is 12.4. The number of methoxy groups -OCH3 is 1. The minimum absolute atomic E-state index is 0.286. The van der Waals surface area contributed by atoms with Crippen LogP contribution in [0.5, 0.6) is 0 Å². The van der Waals surface area contributed by atoms with Crippen molar-refractivity contribution in [2.24, 2.45) is 5.92 Å². The van der Waals surface area contributed by atoms with Crippen molar-refractivity contribution >= 4 is 0 Å². The molecule has 1 saturated carbocycles. The molecule has 0 aromatic carbocycles. The smallest absolute Gasteiger partial charge is 0.0613 e. The summed E-state index contributed by atoms with van der Waals surface area (Å²) >= 11 is 0. The highest BCUT2D eigenvalue weighted by atomic mass is 16.5. The zero-order valence-electron chi connectivity index (χ0n) is 8.62. The Hall–Kier alpha value is -0.120. The highest BCUT2D eigenvalue weighted by Gasteiger charge is 2.31. The molecular formula is C10H21NO2. The van der Waals surface area contributed by atoms with Crippen LogP contribution in [0.2, 0.25) is 0 Å². The van der Waals surface area contributed by atoms with Gasteiger partial charge in [0.2, 0.25) is 0 Å². The minimum Gasteiger partial charge on any atom is -0.396 e. The first-order valence-electron chi connectivity index (χ1n) is 5.13. The summed E-state index contributed by atoms with van der Waals surface area (Å²) in [5.41, 5.74) is 0. The Morgan fingerprint density at radius 3 is 2.69 bits per heavy atom. The first kappa shape index (κ1) is 11.0. The molecule has 0 radical (unpaired) electrons. The fraction of sp³-hybridized carbons (Fsp3) is 1.00. The van der Waals surface area contributed by atoms with Gasteiger partial charge in [-0.15, -0.1) is 0 Å². The molecular weight excluding hydrogens is 166 g/mol. The van der Waals surface area contributed by atoms with Gasteiger partial charge in [0.15, 0.2) is 0 Å². The molecule has 0 spiro atoms. The van der Waals surface area contributed by atoms with E-state index < -0.39 is 0 Å². The van der Waals surface area contributed by atoms with Crippen molar-refractivity contribution in [3.05, 3.63) is 0 Å². The standard InChI is InChI=1S/C10H21NO2/c1-8(7-13-2)11-10(5-6-12)9-3-4-9/h8-12H,3-7H2,1-2H3. The molecule has 1 aliphatic carbocycles. The van der Waals surface area contributed by atoms with Crippen LogP contribution in [0.3, 0.4) is 0 Å². The van der Waals surface area contributed by atoms with Crippen LogP contribution in [0.25, 0.3) is 0 Å². The predicted molar refractivity (Wildman–Crippen MR) is 52.7 cm³/mol. The van der Waals surface area contributed by atoms with Crippen molar-refractivity contribution in [1.29, 1.82) is 0 Å². The van der Waals surface area contributed by atoms with Crippen molar-refractivity contribution in [2.75, 3.05) is 20.3 Å². The molecule has 78 valence electrons. The lowest BCUT2D eigenvalue weighted by Gasteiger charge is -2.22. The fourth-order valence-corrected chi connectivity index (χ4v) is 1.76. The third-order valence-electron chi connectivity index (χ3n) is 2.55. The third kappa shape index (κ3) is 4.07. The van der Waals surface area contributed by atoms with Crippen molar-refractivity contribution < 1.29 is 9.84 Å². The normalized spacial score (nSPS) is 21.5. The molecule has 1 rings (SSSR count). The van der Waals surface area contributed by atoms with Crippen molar-refractivity contribution in [3.63, 3.8) is 0 Å². The highest BCUT2D eigenvalue weighted by molar-refractivity contribution is 4.87. The van der Waals surface area contributed by atoms with Crippen LogP contribution in [0.1, 0.15) is 26.2 Å². The van der Waals surface area contributed by atoms with Gasteiger partial charge in [-0.3, -0.25) is 0 Å². The number of hydrogen-bond acceptors (Lipinski definition) is 3. The second kappa shape index (κ2) is 5.58. The van der Waals surface area contributed by atoms with Crippen molar-refractivity contribution in [3.8, 4) is 0 Å². The van der Waals surface area contributed by atoms with Gasteiger partial charge >= 0.3 is 0 Å². The van der Waals surface area contributed by atoms with E-state index in [-0.39, 0.29) is 6.61 Å². The summed E-state index contributed by atoms with van der Waals surface area (Å²) in [6.45, 7) is 3.15. The molecule has 3 heteroatoms. The van der Waals surface area contributed by atoms with E-state index in [0.717, 1.165) is 18.9 Å². The van der Waals surface area contributed by atoms with Crippen LogP contribution in [0.15, 0.2) is 0 Å². The number of hydrogen-bond donors (Lipinski definition) is 2. The lowest BCUT2D eigenvalue weighted by molar-refractivity contribution is 0.159. The third-order valence-corrected chi connectivity index (χ3v) is 2.55. The van der Waals surface area contributed by atoms with Gasteiger partial charge in [-0.05, 0) is 32.1 Å². The summed E-state index contributed by atoms with van der Waals surface area (Å²) in [7, 11) is 1.72. The number of ether oxygens (including phenoxy) is 1. The maximum atomic E-state index is 8.88. The Labute approximate surface area is 80.5 Å². The Kier molecular flexibility index (Phi) is 4.70. The van der Waals surface area contributed by atoms with E-state index >= 15 is 0 Å². The maximum Gasteiger partial charge on any atom is 0.0613 e. The molecule has 3 nitrogen and oxygen atoms in total. The van der Waals surface area contributed by atoms with Crippen molar-refractivity contribution in [2.45, 2.75) is 38.3 Å². The second-order valence-electron chi connectivity index (χ2n) is 3.98. The Bertz CT molecular complexity index is 137. The van der Waals surface area contributed by atoms with Gasteiger partial charge in [-0.2, -0.15) is 0 Å². The molecule has 0 heterocycles. The molecule has 0 aliphatic heterocycles. The molecule has 0 aromatic rings. The Morgan fingerprint density at radius 1 is 1.54 bits per heavy atom. The number of aliphatic hydroxyl groups is 1. The predicted octanol–water partition coefficient (Wildman–Crippen LogP) is 0.772. The van der Waals surface area contributed by atoms with Gasteiger partial charge < -0.3 is 15.2 Å². The van der Waals surface area contributed by atoms with E-state index in [1.807, 2.05) is 0 Å². The van der Waals surface area contributed by atoms with Crippen LogP contribution in [0, 0.1) is 5.92 Å². The monoisotopic (exact) mass is 187 g/mol. The zero-order valence-corrected chi connectivity index (χ0v) is 8.62. The molecule has 0 amide bonds. The molecule has 2 N–H and O–H groups in total. The Morgan fingerprint density at radius 2 is 2.23 bits per heavy atom. The lowest BCUT2D eigenvalue weighted by Crippen LogP contribution is -2.40. The maximum absolute atomic E-state index is 8.88. The molecule has 1 fully saturated rings. The molecule has 2 atom stereocenters. The highest BCUT2D eigenvalue weighted by Crippen LogP contribution is 2.34. The largest absolute Gasteiger partial charge is 0.396 e. The summed E-state index contributed by atoms with van der Waals surface area (Å²) in [6, 6.07) is 0.886. The van der Waals surface area contributed by atoms with Gasteiger partial charge in [-0.25, -0.2) is 0 Å². The summed E-state index contributed by atoms with van der Waals surface area (Å²) in [5.74, 6) is 0.798.